The molecule has 1 amide bonds. The third-order valence-corrected chi connectivity index (χ3v) is 4.03. The number of amides is 1. The SMILES string of the molecule is CC(CCc1ccccc1)NC(C)C(=O)N1CCCC1. The molecule has 2 unspecified atom stereocenters. The van der Waals surface area contributed by atoms with Gasteiger partial charge >= 0.3 is 0 Å². The van der Waals surface area contributed by atoms with E-state index in [1.54, 1.807) is 0 Å². The Labute approximate surface area is 122 Å². The molecule has 1 saturated heterocycles. The van der Waals surface area contributed by atoms with E-state index in [9.17, 15) is 4.79 Å². The fourth-order valence-electron chi connectivity index (χ4n) is 2.82. The number of carbonyl (C=O) groups excluding carboxylic acids is 1. The minimum atomic E-state index is -0.0705. The van der Waals surface area contributed by atoms with Crippen molar-refractivity contribution in [3.63, 3.8) is 0 Å². The molecule has 1 aromatic rings. The van der Waals surface area contributed by atoms with E-state index in [-0.39, 0.29) is 11.9 Å². The van der Waals surface area contributed by atoms with Gasteiger partial charge in [-0.05, 0) is 45.1 Å². The van der Waals surface area contributed by atoms with Gasteiger partial charge in [0.1, 0.15) is 0 Å². The molecule has 0 aromatic heterocycles. The molecule has 20 heavy (non-hydrogen) atoms. The van der Waals surface area contributed by atoms with Crippen LogP contribution in [0, 0.1) is 0 Å². The van der Waals surface area contributed by atoms with Crippen LogP contribution in [-0.4, -0.2) is 36.0 Å². The van der Waals surface area contributed by atoms with Gasteiger partial charge in [-0.15, -0.1) is 0 Å². The molecule has 110 valence electrons. The summed E-state index contributed by atoms with van der Waals surface area (Å²) in [6.45, 7) is 6.02. The first kappa shape index (κ1) is 15.0. The number of hydrogen-bond donors (Lipinski definition) is 1. The molecule has 0 saturated carbocycles. The highest BCUT2D eigenvalue weighted by atomic mass is 16.2. The van der Waals surface area contributed by atoms with Crippen molar-refractivity contribution in [1.82, 2.24) is 10.2 Å². The van der Waals surface area contributed by atoms with Crippen molar-refractivity contribution in [3.05, 3.63) is 35.9 Å². The average molecular weight is 274 g/mol. The minimum Gasteiger partial charge on any atom is -0.341 e. The topological polar surface area (TPSA) is 32.3 Å². The predicted octanol–water partition coefficient (Wildman–Crippen LogP) is 2.61. The van der Waals surface area contributed by atoms with E-state index in [2.05, 4.69) is 36.5 Å². The standard InChI is InChI=1S/C17H26N2O/c1-14(10-11-16-8-4-3-5-9-16)18-15(2)17(20)19-12-6-7-13-19/h3-5,8-9,14-15,18H,6-7,10-13H2,1-2H3. The van der Waals surface area contributed by atoms with Crippen LogP contribution in [0.3, 0.4) is 0 Å². The van der Waals surface area contributed by atoms with Crippen LogP contribution in [0.25, 0.3) is 0 Å². The van der Waals surface area contributed by atoms with Gasteiger partial charge in [0, 0.05) is 19.1 Å². The number of aryl methyl sites for hydroxylation is 1. The second-order valence-corrected chi connectivity index (χ2v) is 5.85. The van der Waals surface area contributed by atoms with E-state index in [4.69, 9.17) is 0 Å². The van der Waals surface area contributed by atoms with Gasteiger partial charge in [0.15, 0.2) is 0 Å². The van der Waals surface area contributed by atoms with Crippen molar-refractivity contribution in [2.24, 2.45) is 0 Å². The van der Waals surface area contributed by atoms with Crippen LogP contribution in [0.5, 0.6) is 0 Å². The molecule has 2 atom stereocenters. The molecule has 1 aromatic carbocycles. The average Bonchev–Trinajstić information content (AvgIpc) is 2.99. The number of nitrogens with zero attached hydrogens (tertiary/aromatic N) is 1. The van der Waals surface area contributed by atoms with E-state index in [1.165, 1.54) is 5.56 Å². The second kappa shape index (κ2) is 7.44. The lowest BCUT2D eigenvalue weighted by molar-refractivity contribution is -0.132. The Balaban J connectivity index is 1.73. The lowest BCUT2D eigenvalue weighted by Gasteiger charge is -2.24. The van der Waals surface area contributed by atoms with Crippen molar-refractivity contribution < 1.29 is 4.79 Å². The molecule has 0 spiro atoms. The molecule has 1 aliphatic heterocycles. The van der Waals surface area contributed by atoms with Gasteiger partial charge in [0.05, 0.1) is 6.04 Å². The van der Waals surface area contributed by atoms with Crippen molar-refractivity contribution in [2.45, 2.75) is 51.6 Å². The monoisotopic (exact) mass is 274 g/mol. The van der Waals surface area contributed by atoms with Crippen molar-refractivity contribution in [2.75, 3.05) is 13.1 Å². The van der Waals surface area contributed by atoms with Gasteiger partial charge in [-0.2, -0.15) is 0 Å². The first-order valence-electron chi connectivity index (χ1n) is 7.75. The van der Waals surface area contributed by atoms with Crippen LogP contribution in [0.1, 0.15) is 38.7 Å². The predicted molar refractivity (Wildman–Crippen MR) is 82.6 cm³/mol. The van der Waals surface area contributed by atoms with Crippen molar-refractivity contribution in [1.29, 1.82) is 0 Å². The Hall–Kier alpha value is -1.35. The van der Waals surface area contributed by atoms with Crippen LogP contribution in [0.4, 0.5) is 0 Å². The molecule has 1 aliphatic rings. The number of carbonyl (C=O) groups is 1. The zero-order valence-electron chi connectivity index (χ0n) is 12.6. The highest BCUT2D eigenvalue weighted by Crippen LogP contribution is 2.10. The summed E-state index contributed by atoms with van der Waals surface area (Å²) in [4.78, 5) is 14.2. The largest absolute Gasteiger partial charge is 0.341 e. The Kier molecular flexibility index (Phi) is 5.60. The quantitative estimate of drug-likeness (QED) is 0.865. The molecule has 1 N–H and O–H groups in total. The fraction of sp³-hybridized carbons (Fsp3) is 0.588. The third-order valence-electron chi connectivity index (χ3n) is 4.03. The summed E-state index contributed by atoms with van der Waals surface area (Å²) in [7, 11) is 0. The van der Waals surface area contributed by atoms with Crippen LogP contribution < -0.4 is 5.32 Å². The Morgan fingerprint density at radius 2 is 1.85 bits per heavy atom. The summed E-state index contributed by atoms with van der Waals surface area (Å²) in [6, 6.07) is 10.8. The number of likely N-dealkylation sites (tertiary alicyclic amines) is 1. The van der Waals surface area contributed by atoms with Gasteiger partial charge in [-0.3, -0.25) is 4.79 Å². The summed E-state index contributed by atoms with van der Waals surface area (Å²) in [5, 5.41) is 3.44. The molecule has 0 radical (unpaired) electrons. The summed E-state index contributed by atoms with van der Waals surface area (Å²) < 4.78 is 0. The maximum Gasteiger partial charge on any atom is 0.239 e. The van der Waals surface area contributed by atoms with Crippen LogP contribution in [0.15, 0.2) is 30.3 Å². The number of nitrogens with one attached hydrogen (secondary N) is 1. The zero-order valence-corrected chi connectivity index (χ0v) is 12.6. The fourth-order valence-corrected chi connectivity index (χ4v) is 2.82. The van der Waals surface area contributed by atoms with E-state index in [0.29, 0.717) is 6.04 Å². The maximum atomic E-state index is 12.2. The van der Waals surface area contributed by atoms with Gasteiger partial charge in [0.25, 0.3) is 0 Å². The van der Waals surface area contributed by atoms with Gasteiger partial charge in [-0.1, -0.05) is 30.3 Å². The van der Waals surface area contributed by atoms with E-state index in [0.717, 1.165) is 38.8 Å². The molecule has 1 heterocycles. The summed E-state index contributed by atoms with van der Waals surface area (Å²) in [6.07, 6.45) is 4.42. The molecule has 3 nitrogen and oxygen atoms in total. The van der Waals surface area contributed by atoms with Crippen LogP contribution in [-0.2, 0) is 11.2 Å². The van der Waals surface area contributed by atoms with Gasteiger partial charge in [-0.25, -0.2) is 0 Å². The third kappa shape index (κ3) is 4.34. The highest BCUT2D eigenvalue weighted by molar-refractivity contribution is 5.81. The molecule has 3 heteroatoms. The summed E-state index contributed by atoms with van der Waals surface area (Å²) in [5.41, 5.74) is 1.36. The van der Waals surface area contributed by atoms with Crippen LogP contribution in [0.2, 0.25) is 0 Å². The molecule has 0 aliphatic carbocycles. The zero-order chi connectivity index (χ0) is 14.4. The van der Waals surface area contributed by atoms with Gasteiger partial charge in [0.2, 0.25) is 5.91 Å². The van der Waals surface area contributed by atoms with Crippen LogP contribution >= 0.6 is 0 Å². The van der Waals surface area contributed by atoms with Crippen molar-refractivity contribution >= 4 is 5.91 Å². The van der Waals surface area contributed by atoms with E-state index >= 15 is 0 Å². The molecule has 0 bridgehead atoms. The lowest BCUT2D eigenvalue weighted by Crippen LogP contribution is -2.46. The summed E-state index contributed by atoms with van der Waals surface area (Å²) in [5.74, 6) is 0.258. The molecule has 1 fully saturated rings. The second-order valence-electron chi connectivity index (χ2n) is 5.85. The lowest BCUT2D eigenvalue weighted by atomic mass is 10.1. The minimum absolute atomic E-state index is 0.0705. The number of rotatable bonds is 6. The first-order chi connectivity index (χ1) is 9.66. The summed E-state index contributed by atoms with van der Waals surface area (Å²) >= 11 is 0. The maximum absolute atomic E-state index is 12.2. The Morgan fingerprint density at radius 3 is 2.50 bits per heavy atom. The van der Waals surface area contributed by atoms with E-state index < -0.39 is 0 Å². The highest BCUT2D eigenvalue weighted by Gasteiger charge is 2.23. The number of benzene rings is 1. The van der Waals surface area contributed by atoms with E-state index in [1.807, 2.05) is 17.9 Å². The molecule has 2 rings (SSSR count). The Bertz CT molecular complexity index is 412. The first-order valence-corrected chi connectivity index (χ1v) is 7.75. The smallest absolute Gasteiger partial charge is 0.239 e. The normalized spacial score (nSPS) is 18.0. The Morgan fingerprint density at radius 1 is 1.20 bits per heavy atom. The van der Waals surface area contributed by atoms with Crippen molar-refractivity contribution in [3.8, 4) is 0 Å². The molecular weight excluding hydrogens is 248 g/mol. The molecular formula is C17H26N2O. The van der Waals surface area contributed by atoms with Gasteiger partial charge < -0.3 is 10.2 Å². The number of hydrogen-bond acceptors (Lipinski definition) is 2.